The molecule has 1 aromatic rings. The number of amides is 3. The van der Waals surface area contributed by atoms with Crippen LogP contribution in [-0.2, 0) is 20.9 Å². The van der Waals surface area contributed by atoms with Crippen LogP contribution in [0.4, 0.5) is 9.59 Å². The summed E-state index contributed by atoms with van der Waals surface area (Å²) in [4.78, 5) is 39.8. The van der Waals surface area contributed by atoms with E-state index in [4.69, 9.17) is 9.47 Å². The third-order valence-electron chi connectivity index (χ3n) is 6.05. The molecule has 0 radical (unpaired) electrons. The normalized spacial score (nSPS) is 16.2. The number of ether oxygens (including phenoxy) is 2. The lowest BCUT2D eigenvalue weighted by Crippen LogP contribution is -2.50. The second kappa shape index (κ2) is 12.8. The highest BCUT2D eigenvalue weighted by Gasteiger charge is 2.35. The van der Waals surface area contributed by atoms with Crippen LogP contribution in [0, 0.1) is 11.8 Å². The zero-order valence-corrected chi connectivity index (χ0v) is 21.4. The summed E-state index contributed by atoms with van der Waals surface area (Å²) >= 11 is 0. The van der Waals surface area contributed by atoms with E-state index in [1.807, 2.05) is 35.2 Å². The van der Waals surface area contributed by atoms with Crippen molar-refractivity contribution in [3.05, 3.63) is 35.9 Å². The maximum atomic E-state index is 13.4. The van der Waals surface area contributed by atoms with E-state index in [0.717, 1.165) is 18.7 Å². The van der Waals surface area contributed by atoms with Gasteiger partial charge in [0.15, 0.2) is 0 Å². The Kier molecular flexibility index (Phi) is 9.81. The zero-order chi connectivity index (χ0) is 25.3. The van der Waals surface area contributed by atoms with Gasteiger partial charge in [0.2, 0.25) is 5.91 Å². The molecule has 2 fully saturated rings. The Morgan fingerprint density at radius 2 is 1.60 bits per heavy atom. The molecule has 1 atom stereocenters. The van der Waals surface area contributed by atoms with Crippen LogP contribution >= 0.6 is 0 Å². The van der Waals surface area contributed by atoms with Crippen molar-refractivity contribution in [2.24, 2.45) is 11.8 Å². The summed E-state index contributed by atoms with van der Waals surface area (Å²) in [6, 6.07) is 8.88. The number of alkyl carbamates (subject to hydrolysis) is 2. The molecule has 0 aromatic heterocycles. The first-order valence-electron chi connectivity index (χ1n) is 12.9. The average Bonchev–Trinajstić information content (AvgIpc) is 3.72. The second-order valence-electron chi connectivity index (χ2n) is 10.8. The zero-order valence-electron chi connectivity index (χ0n) is 21.4. The minimum Gasteiger partial charge on any atom is -0.445 e. The van der Waals surface area contributed by atoms with E-state index in [-0.39, 0.29) is 12.5 Å². The molecule has 1 aromatic carbocycles. The summed E-state index contributed by atoms with van der Waals surface area (Å²) in [6.45, 7) is 7.62. The molecular weight excluding hydrogens is 446 g/mol. The van der Waals surface area contributed by atoms with E-state index >= 15 is 0 Å². The van der Waals surface area contributed by atoms with Crippen LogP contribution in [0.3, 0.4) is 0 Å². The highest BCUT2D eigenvalue weighted by Crippen LogP contribution is 2.34. The fourth-order valence-electron chi connectivity index (χ4n) is 3.84. The van der Waals surface area contributed by atoms with Crippen LogP contribution in [0.2, 0.25) is 0 Å². The van der Waals surface area contributed by atoms with Crippen molar-refractivity contribution in [3.63, 3.8) is 0 Å². The van der Waals surface area contributed by atoms with Gasteiger partial charge in [-0.2, -0.15) is 0 Å². The summed E-state index contributed by atoms with van der Waals surface area (Å²) in [5, 5.41) is 5.57. The molecule has 8 nitrogen and oxygen atoms in total. The van der Waals surface area contributed by atoms with Gasteiger partial charge < -0.3 is 25.0 Å². The summed E-state index contributed by atoms with van der Waals surface area (Å²) in [5.74, 6) is 1.15. The third kappa shape index (κ3) is 11.0. The van der Waals surface area contributed by atoms with E-state index < -0.39 is 23.8 Å². The van der Waals surface area contributed by atoms with Crippen molar-refractivity contribution < 1.29 is 23.9 Å². The molecule has 8 heteroatoms. The maximum absolute atomic E-state index is 13.4. The molecule has 0 unspecified atom stereocenters. The third-order valence-corrected chi connectivity index (χ3v) is 6.05. The van der Waals surface area contributed by atoms with Crippen LogP contribution in [0.15, 0.2) is 30.3 Å². The predicted molar refractivity (Wildman–Crippen MR) is 134 cm³/mol. The minimum absolute atomic E-state index is 0.0233. The smallest absolute Gasteiger partial charge is 0.408 e. The van der Waals surface area contributed by atoms with E-state index in [2.05, 4.69) is 10.6 Å². The van der Waals surface area contributed by atoms with Gasteiger partial charge in [0.25, 0.3) is 0 Å². The number of hydrogen-bond donors (Lipinski definition) is 2. The Balaban J connectivity index is 1.45. The summed E-state index contributed by atoms with van der Waals surface area (Å²) in [6.07, 6.45) is 5.48. The SMILES string of the molecule is CC(C)(C)OC(=O)N[C@@H](CCCCNC(=O)OCc1ccccc1)C(=O)N(CC1CC1)CC1CC1. The molecule has 0 spiro atoms. The van der Waals surface area contributed by atoms with Gasteiger partial charge in [0.05, 0.1) is 0 Å². The van der Waals surface area contributed by atoms with Crippen LogP contribution in [0.5, 0.6) is 0 Å². The van der Waals surface area contributed by atoms with Crippen molar-refractivity contribution in [1.29, 1.82) is 0 Å². The quantitative estimate of drug-likeness (QED) is 0.396. The van der Waals surface area contributed by atoms with Crippen LogP contribution in [-0.4, -0.2) is 54.3 Å². The van der Waals surface area contributed by atoms with Crippen LogP contribution in [0.1, 0.15) is 71.3 Å². The Hall–Kier alpha value is -2.77. The predicted octanol–water partition coefficient (Wildman–Crippen LogP) is 4.63. The van der Waals surface area contributed by atoms with Crippen molar-refractivity contribution in [2.75, 3.05) is 19.6 Å². The number of carbonyl (C=O) groups is 3. The van der Waals surface area contributed by atoms with Gasteiger partial charge in [0, 0.05) is 19.6 Å². The number of unbranched alkanes of at least 4 members (excludes halogenated alkanes) is 1. The number of rotatable bonds is 13. The van der Waals surface area contributed by atoms with Crippen molar-refractivity contribution in [1.82, 2.24) is 15.5 Å². The average molecular weight is 488 g/mol. The van der Waals surface area contributed by atoms with Gasteiger partial charge in [-0.05, 0) is 83.1 Å². The first-order chi connectivity index (χ1) is 16.7. The number of hydrogen-bond acceptors (Lipinski definition) is 5. The maximum Gasteiger partial charge on any atom is 0.408 e. The number of carbonyl (C=O) groups excluding carboxylic acids is 3. The van der Waals surface area contributed by atoms with Crippen molar-refractivity contribution in [2.45, 2.75) is 84.0 Å². The highest BCUT2D eigenvalue weighted by atomic mass is 16.6. The van der Waals surface area contributed by atoms with E-state index in [1.54, 1.807) is 20.8 Å². The minimum atomic E-state index is -0.635. The first kappa shape index (κ1) is 26.8. The van der Waals surface area contributed by atoms with Gasteiger partial charge >= 0.3 is 12.2 Å². The molecule has 0 aliphatic heterocycles. The summed E-state index contributed by atoms with van der Waals surface area (Å²) in [7, 11) is 0. The fraction of sp³-hybridized carbons (Fsp3) is 0.667. The lowest BCUT2D eigenvalue weighted by Gasteiger charge is -2.29. The molecule has 3 rings (SSSR count). The van der Waals surface area contributed by atoms with E-state index in [9.17, 15) is 14.4 Å². The molecule has 0 bridgehead atoms. The molecule has 0 heterocycles. The molecule has 0 saturated heterocycles. The largest absolute Gasteiger partial charge is 0.445 e. The Bertz CT molecular complexity index is 817. The van der Waals surface area contributed by atoms with Gasteiger partial charge in [-0.25, -0.2) is 9.59 Å². The van der Waals surface area contributed by atoms with E-state index in [0.29, 0.717) is 37.6 Å². The second-order valence-corrected chi connectivity index (χ2v) is 10.8. The van der Waals surface area contributed by atoms with Gasteiger partial charge in [-0.3, -0.25) is 4.79 Å². The Labute approximate surface area is 209 Å². The summed E-state index contributed by atoms with van der Waals surface area (Å²) in [5.41, 5.74) is 0.294. The lowest BCUT2D eigenvalue weighted by molar-refractivity contribution is -0.134. The molecule has 2 saturated carbocycles. The number of nitrogens with zero attached hydrogens (tertiary/aromatic N) is 1. The monoisotopic (exact) mass is 487 g/mol. The lowest BCUT2D eigenvalue weighted by atomic mass is 10.1. The van der Waals surface area contributed by atoms with Gasteiger partial charge in [-0.1, -0.05) is 30.3 Å². The van der Waals surface area contributed by atoms with Gasteiger partial charge in [0.1, 0.15) is 18.2 Å². The standard InChI is InChI=1S/C27H41N3O5/c1-27(2,3)35-26(33)29-23(24(31)30(17-20-12-13-20)18-21-14-15-21)11-7-8-16-28-25(32)34-19-22-9-5-4-6-10-22/h4-6,9-10,20-21,23H,7-8,11-19H2,1-3H3,(H,28,32)(H,29,33)/t23-/m0/s1. The van der Waals surface area contributed by atoms with Crippen molar-refractivity contribution in [3.8, 4) is 0 Å². The van der Waals surface area contributed by atoms with Crippen LogP contribution < -0.4 is 10.6 Å². The van der Waals surface area contributed by atoms with Crippen LogP contribution in [0.25, 0.3) is 0 Å². The molecule has 2 N–H and O–H groups in total. The first-order valence-corrected chi connectivity index (χ1v) is 12.9. The Morgan fingerprint density at radius 3 is 2.17 bits per heavy atom. The van der Waals surface area contributed by atoms with Crippen molar-refractivity contribution >= 4 is 18.1 Å². The molecular formula is C27H41N3O5. The molecule has 3 amide bonds. The summed E-state index contributed by atoms with van der Waals surface area (Å²) < 4.78 is 10.6. The fourth-order valence-corrected chi connectivity index (χ4v) is 3.84. The molecule has 2 aliphatic rings. The topological polar surface area (TPSA) is 97.0 Å². The Morgan fingerprint density at radius 1 is 0.971 bits per heavy atom. The van der Waals surface area contributed by atoms with Gasteiger partial charge in [-0.15, -0.1) is 0 Å². The number of nitrogens with one attached hydrogen (secondary N) is 2. The molecule has 194 valence electrons. The van der Waals surface area contributed by atoms with E-state index in [1.165, 1.54) is 25.7 Å². The molecule has 35 heavy (non-hydrogen) atoms. The highest BCUT2D eigenvalue weighted by molar-refractivity contribution is 5.85. The number of benzene rings is 1. The molecule has 2 aliphatic carbocycles.